The molecule has 142 valence electrons. The highest BCUT2D eigenvalue weighted by molar-refractivity contribution is 6.01. The third-order valence-electron chi connectivity index (χ3n) is 4.60. The molecular weight excluding hydrogens is 348 g/mol. The molecule has 0 radical (unpaired) electrons. The van der Waals surface area contributed by atoms with Gasteiger partial charge in [0, 0.05) is 36.6 Å². The topological polar surface area (TPSA) is 102 Å². The summed E-state index contributed by atoms with van der Waals surface area (Å²) in [6.07, 6.45) is 0.0665. The first-order valence-corrected chi connectivity index (χ1v) is 8.69. The molecule has 0 bridgehead atoms. The van der Waals surface area contributed by atoms with E-state index < -0.39 is 5.92 Å². The minimum absolute atomic E-state index is 0.0665. The fourth-order valence-electron chi connectivity index (χ4n) is 3.26. The maximum atomic E-state index is 12.7. The Balaban J connectivity index is 1.72. The lowest BCUT2D eigenvalue weighted by molar-refractivity contribution is -0.126. The second-order valence-corrected chi connectivity index (χ2v) is 6.52. The lowest BCUT2D eigenvalue weighted by Gasteiger charge is -2.25. The van der Waals surface area contributed by atoms with E-state index in [1.165, 1.54) is 4.57 Å². The summed E-state index contributed by atoms with van der Waals surface area (Å²) in [6, 6.07) is 7.04. The van der Waals surface area contributed by atoms with Crippen molar-refractivity contribution >= 4 is 17.5 Å². The second-order valence-electron chi connectivity index (χ2n) is 6.52. The van der Waals surface area contributed by atoms with Gasteiger partial charge in [0.25, 0.3) is 0 Å². The first kappa shape index (κ1) is 18.6. The first-order valence-electron chi connectivity index (χ1n) is 8.69. The first-order chi connectivity index (χ1) is 12.9. The van der Waals surface area contributed by atoms with Crippen LogP contribution in [0.4, 0.5) is 5.69 Å². The number of nitrogens with one attached hydrogen (secondary N) is 2. The number of nitrogens with zero attached hydrogens (tertiary/aromatic N) is 2. The van der Waals surface area contributed by atoms with Gasteiger partial charge in [0.05, 0.1) is 13.0 Å². The zero-order valence-corrected chi connectivity index (χ0v) is 15.5. The van der Waals surface area contributed by atoms with Crippen LogP contribution in [-0.4, -0.2) is 35.0 Å². The highest BCUT2D eigenvalue weighted by Gasteiger charge is 2.30. The van der Waals surface area contributed by atoms with Crippen LogP contribution in [0.5, 0.6) is 5.75 Å². The molecule has 0 spiro atoms. The molecule has 2 aromatic rings. The number of hydrogen-bond donors (Lipinski definition) is 2. The summed E-state index contributed by atoms with van der Waals surface area (Å²) in [5.74, 6) is -0.443. The molecule has 0 unspecified atom stereocenters. The number of ether oxygens (including phenoxy) is 1. The Morgan fingerprint density at radius 3 is 2.81 bits per heavy atom. The predicted molar refractivity (Wildman–Crippen MR) is 100.0 cm³/mol. The Morgan fingerprint density at radius 2 is 2.11 bits per heavy atom. The van der Waals surface area contributed by atoms with Gasteiger partial charge in [0.1, 0.15) is 5.75 Å². The second kappa shape index (κ2) is 7.61. The van der Waals surface area contributed by atoms with Crippen LogP contribution >= 0.6 is 0 Å². The van der Waals surface area contributed by atoms with Crippen LogP contribution in [-0.2, 0) is 16.1 Å². The van der Waals surface area contributed by atoms with Gasteiger partial charge in [-0.1, -0.05) is 0 Å². The van der Waals surface area contributed by atoms with Gasteiger partial charge in [-0.05, 0) is 43.7 Å². The van der Waals surface area contributed by atoms with Crippen LogP contribution < -0.4 is 21.1 Å². The Labute approximate surface area is 156 Å². The van der Waals surface area contributed by atoms with Crippen molar-refractivity contribution in [2.75, 3.05) is 19.0 Å². The highest BCUT2D eigenvalue weighted by atomic mass is 16.5. The molecule has 1 aromatic heterocycles. The smallest absolute Gasteiger partial charge is 0.348 e. The number of rotatable bonds is 5. The summed E-state index contributed by atoms with van der Waals surface area (Å²) in [4.78, 5) is 40.5. The van der Waals surface area contributed by atoms with Crippen LogP contribution in [0.25, 0.3) is 0 Å². The Hall–Kier alpha value is -3.16. The normalized spacial score (nSPS) is 15.7. The number of carbonyl (C=O) groups excluding carboxylic acids is 2. The van der Waals surface area contributed by atoms with Gasteiger partial charge in [-0.15, -0.1) is 0 Å². The standard InChI is InChI=1S/C19H22N4O4/c1-11-8-12(2)23(19(26)21-11)7-6-20-18(25)15-10-17(24)22-16-5-4-13(27-3)9-14(15)16/h4-5,8-9,15H,6-7,10H2,1-3H3,(H,20,25)(H,22,24)/t15-/m0/s1. The molecule has 2 amide bonds. The van der Waals surface area contributed by atoms with Gasteiger partial charge >= 0.3 is 5.69 Å². The van der Waals surface area contributed by atoms with Crippen molar-refractivity contribution in [2.24, 2.45) is 0 Å². The van der Waals surface area contributed by atoms with Gasteiger partial charge < -0.3 is 15.4 Å². The third-order valence-corrected chi connectivity index (χ3v) is 4.60. The number of anilines is 1. The van der Waals surface area contributed by atoms with Crippen molar-refractivity contribution in [3.8, 4) is 5.75 Å². The molecule has 0 saturated heterocycles. The van der Waals surface area contributed by atoms with E-state index in [9.17, 15) is 14.4 Å². The summed E-state index contributed by atoms with van der Waals surface area (Å²) >= 11 is 0. The van der Waals surface area contributed by atoms with E-state index >= 15 is 0 Å². The molecule has 1 aliphatic rings. The van der Waals surface area contributed by atoms with Crippen molar-refractivity contribution in [3.63, 3.8) is 0 Å². The lowest BCUT2D eigenvalue weighted by atomic mass is 9.89. The number of aromatic nitrogens is 2. The monoisotopic (exact) mass is 370 g/mol. The number of aryl methyl sites for hydroxylation is 2. The van der Waals surface area contributed by atoms with E-state index in [0.717, 1.165) is 11.3 Å². The zero-order chi connectivity index (χ0) is 19.6. The summed E-state index contributed by atoms with van der Waals surface area (Å²) < 4.78 is 6.73. The van der Waals surface area contributed by atoms with Crippen molar-refractivity contribution in [1.82, 2.24) is 14.9 Å². The van der Waals surface area contributed by atoms with Crippen molar-refractivity contribution in [2.45, 2.75) is 32.7 Å². The number of benzene rings is 1. The Kier molecular flexibility index (Phi) is 5.25. The average Bonchev–Trinajstić information content (AvgIpc) is 2.62. The van der Waals surface area contributed by atoms with Crippen molar-refractivity contribution in [1.29, 1.82) is 0 Å². The quantitative estimate of drug-likeness (QED) is 0.821. The predicted octanol–water partition coefficient (Wildman–Crippen LogP) is 1.11. The summed E-state index contributed by atoms with van der Waals surface area (Å²) in [6.45, 7) is 4.17. The maximum absolute atomic E-state index is 12.7. The molecule has 1 aromatic carbocycles. The lowest BCUT2D eigenvalue weighted by Crippen LogP contribution is -2.38. The van der Waals surface area contributed by atoms with E-state index in [1.807, 2.05) is 13.0 Å². The molecule has 1 aliphatic heterocycles. The van der Waals surface area contributed by atoms with Crippen molar-refractivity contribution in [3.05, 3.63) is 51.7 Å². The van der Waals surface area contributed by atoms with E-state index in [0.29, 0.717) is 23.7 Å². The number of hydrogen-bond acceptors (Lipinski definition) is 5. The minimum atomic E-state index is -0.599. The van der Waals surface area contributed by atoms with E-state index in [4.69, 9.17) is 4.74 Å². The SMILES string of the molecule is COc1ccc2c(c1)[C@@H](C(=O)NCCn1c(C)cc(C)nc1=O)CC(=O)N2. The third kappa shape index (κ3) is 3.99. The molecular formula is C19H22N4O4. The van der Waals surface area contributed by atoms with Crippen LogP contribution in [0.1, 0.15) is 29.3 Å². The molecule has 0 aliphatic carbocycles. The molecule has 3 rings (SSSR count). The highest BCUT2D eigenvalue weighted by Crippen LogP contribution is 2.34. The fraction of sp³-hybridized carbons (Fsp3) is 0.368. The van der Waals surface area contributed by atoms with Gasteiger partial charge in [-0.2, -0.15) is 4.98 Å². The zero-order valence-electron chi connectivity index (χ0n) is 15.5. The van der Waals surface area contributed by atoms with Crippen LogP contribution in [0.2, 0.25) is 0 Å². The Morgan fingerprint density at radius 1 is 1.33 bits per heavy atom. The van der Waals surface area contributed by atoms with E-state index in [-0.39, 0.29) is 30.5 Å². The molecule has 2 N–H and O–H groups in total. The molecule has 0 saturated carbocycles. The van der Waals surface area contributed by atoms with Gasteiger partial charge in [0.15, 0.2) is 0 Å². The van der Waals surface area contributed by atoms with E-state index in [2.05, 4.69) is 15.6 Å². The molecule has 2 heterocycles. The number of amides is 2. The molecule has 27 heavy (non-hydrogen) atoms. The largest absolute Gasteiger partial charge is 0.497 e. The number of carbonyl (C=O) groups is 2. The summed E-state index contributed by atoms with van der Waals surface area (Å²) in [5, 5.41) is 5.59. The van der Waals surface area contributed by atoms with Gasteiger partial charge in [-0.25, -0.2) is 4.79 Å². The Bertz CT molecular complexity index is 951. The minimum Gasteiger partial charge on any atom is -0.497 e. The van der Waals surface area contributed by atoms with Gasteiger partial charge in [0.2, 0.25) is 11.8 Å². The maximum Gasteiger partial charge on any atom is 0.348 e. The average molecular weight is 370 g/mol. The summed E-state index contributed by atoms with van der Waals surface area (Å²) in [5.41, 5.74) is 2.44. The van der Waals surface area contributed by atoms with Crippen molar-refractivity contribution < 1.29 is 14.3 Å². The molecule has 8 nitrogen and oxygen atoms in total. The van der Waals surface area contributed by atoms with E-state index in [1.54, 1.807) is 32.2 Å². The molecule has 1 atom stereocenters. The number of methoxy groups -OCH3 is 1. The number of fused-ring (bicyclic) bond motifs is 1. The van der Waals surface area contributed by atoms with Crippen LogP contribution in [0, 0.1) is 13.8 Å². The summed E-state index contributed by atoms with van der Waals surface area (Å²) in [7, 11) is 1.55. The molecule has 0 fully saturated rings. The van der Waals surface area contributed by atoms with Crippen LogP contribution in [0.3, 0.4) is 0 Å². The molecule has 8 heteroatoms. The fourth-order valence-corrected chi connectivity index (χ4v) is 3.26. The van der Waals surface area contributed by atoms with Gasteiger partial charge in [-0.3, -0.25) is 14.2 Å². The van der Waals surface area contributed by atoms with Crippen LogP contribution in [0.15, 0.2) is 29.1 Å².